The molecule has 0 radical (unpaired) electrons. The minimum Gasteiger partial charge on any atom is -1.00 e. The Morgan fingerprint density at radius 1 is 0.390 bits per heavy atom. The average Bonchev–Trinajstić information content (AvgIpc) is 3.20. The quantitative estimate of drug-likeness (QED) is 0.0460. The number of benzene rings is 2. The van der Waals surface area contributed by atoms with Gasteiger partial charge in [0.1, 0.15) is 26.4 Å². The second-order valence-corrected chi connectivity index (χ2v) is 13.0. The third-order valence-electron chi connectivity index (χ3n) is 6.94. The van der Waals surface area contributed by atoms with Crippen LogP contribution in [-0.4, -0.2) is 59.5 Å². The molecule has 0 aliphatic heterocycles. The zero-order valence-corrected chi connectivity index (χ0v) is 50.0. The Labute approximate surface area is 484 Å². The van der Waals surface area contributed by atoms with E-state index in [0.29, 0.717) is 79.3 Å². The zero-order chi connectivity index (χ0) is 40.1. The van der Waals surface area contributed by atoms with Gasteiger partial charge in [-0.15, -0.1) is 0 Å². The molecule has 0 spiro atoms. The van der Waals surface area contributed by atoms with Gasteiger partial charge in [0.2, 0.25) is 0 Å². The maximum absolute atomic E-state index is 5.79. The summed E-state index contributed by atoms with van der Waals surface area (Å²) in [6.45, 7) is 25.5. The fourth-order valence-corrected chi connectivity index (χ4v) is 6.40. The van der Waals surface area contributed by atoms with Crippen molar-refractivity contribution >= 4 is 63.7 Å². The van der Waals surface area contributed by atoms with Crippen LogP contribution in [0.15, 0.2) is 88.5 Å². The molecule has 9 nitrogen and oxygen atoms in total. The summed E-state index contributed by atoms with van der Waals surface area (Å²) < 4.78 is 48.4. The number of hydrogen-bond donors (Lipinski definition) is 0. The predicted molar refractivity (Wildman–Crippen MR) is 244 cm³/mol. The summed E-state index contributed by atoms with van der Waals surface area (Å²) in [5, 5.41) is 3.65. The van der Waals surface area contributed by atoms with E-state index >= 15 is 0 Å². The van der Waals surface area contributed by atoms with Gasteiger partial charge in [0, 0.05) is 21.3 Å². The van der Waals surface area contributed by atoms with Gasteiger partial charge in [0.05, 0.1) is 90.8 Å². The summed E-state index contributed by atoms with van der Waals surface area (Å²) in [5.41, 5.74) is 9.46. The Bertz CT molecular complexity index is 1160. The Morgan fingerprint density at radius 3 is 0.763 bits per heavy atom. The van der Waals surface area contributed by atoms with E-state index in [-0.39, 0.29) is 131 Å². The average molecular weight is 1130 g/mol. The summed E-state index contributed by atoms with van der Waals surface area (Å²) in [6.07, 6.45) is 8.11. The molecule has 2 rings (SSSR count). The first kappa shape index (κ1) is 72.5. The van der Waals surface area contributed by atoms with Crippen molar-refractivity contribution in [2.24, 2.45) is 0 Å². The minimum atomic E-state index is 0. The van der Waals surface area contributed by atoms with E-state index in [9.17, 15) is 0 Å². The predicted octanol–water partition coefficient (Wildman–Crippen LogP) is 0.318. The topological polar surface area (TPSA) is 83.1 Å². The van der Waals surface area contributed by atoms with Crippen molar-refractivity contribution in [3.05, 3.63) is 133 Å². The number of rotatable bonds is 31. The normalized spacial score (nSPS) is 9.24. The fourth-order valence-electron chi connectivity index (χ4n) is 4.31. The zero-order valence-electron chi connectivity index (χ0n) is 39.6. The van der Waals surface area contributed by atoms with E-state index in [0.717, 1.165) is 56.6 Å². The van der Waals surface area contributed by atoms with Crippen LogP contribution in [0.3, 0.4) is 0 Å². The molecule has 2 aromatic rings. The first-order valence-electron chi connectivity index (χ1n) is 17.4. The Morgan fingerprint density at radius 2 is 0.593 bits per heavy atom. The molecule has 59 heavy (non-hydrogen) atoms. The van der Waals surface area contributed by atoms with Gasteiger partial charge in [0.25, 0.3) is 0 Å². The smallest absolute Gasteiger partial charge is 1.00 e. The van der Waals surface area contributed by atoms with Crippen molar-refractivity contribution in [2.45, 2.75) is 68.5 Å². The SMILES string of the molecule is BrCc1cc(CBr)c(CBr)cc1CBr.C.C=COCCC.C=COCCOCc1cc(COCCOC=C)c(COCCOC=C)cc1COCCOC=C.[H-].[H-].[H-].[H-].[Na+].[Na+].[Na+].[Na+]. The summed E-state index contributed by atoms with van der Waals surface area (Å²) in [5.74, 6) is 0. The molecule has 0 atom stereocenters. The first-order valence-corrected chi connectivity index (χ1v) is 21.9. The first-order chi connectivity index (χ1) is 26.4. The third-order valence-corrected chi connectivity index (χ3v) is 9.36. The Kier molecular flexibility index (Phi) is 66.6. The molecule has 0 saturated heterocycles. The van der Waals surface area contributed by atoms with Crippen molar-refractivity contribution in [1.29, 1.82) is 0 Å². The summed E-state index contributed by atoms with van der Waals surface area (Å²) in [7, 11) is 0. The monoisotopic (exact) mass is 1120 g/mol. The van der Waals surface area contributed by atoms with Crippen LogP contribution in [0.4, 0.5) is 0 Å². The molecule has 17 heteroatoms. The van der Waals surface area contributed by atoms with Crippen LogP contribution >= 0.6 is 63.7 Å². The molecular weight excluding hydrogens is 1060 g/mol. The van der Waals surface area contributed by atoms with Gasteiger partial charge in [0.15, 0.2) is 0 Å². The van der Waals surface area contributed by atoms with Crippen LogP contribution in [0.25, 0.3) is 0 Å². The van der Waals surface area contributed by atoms with Crippen molar-refractivity contribution in [3.63, 3.8) is 0 Å². The van der Waals surface area contributed by atoms with Crippen molar-refractivity contribution < 1.29 is 167 Å². The van der Waals surface area contributed by atoms with Gasteiger partial charge in [-0.05, 0) is 50.9 Å². The standard InChI is InChI=1S/C26H38O8.C10H10Br4.C5H10O.CH4.4Na.4H/c1-5-27-9-13-31-19-23-17-25(21-33-15-11-29-7-3)26(22-34-16-12-30-8-4)18-24(23)20-32-14-10-28-6-2;11-3-7-1-8(4-12)10(6-14)2-9(7)5-13;1-3-5-6-4-2;;;;;;;;;/h5-8,17-18H,1-4,9-16,19-22H2;1-2H,3-6H2;4H,2-3,5H2,1H3;1H4;;;;;;;;/q;;;;4*+1;4*-1. The van der Waals surface area contributed by atoms with Gasteiger partial charge in [-0.3, -0.25) is 0 Å². The van der Waals surface area contributed by atoms with E-state index < -0.39 is 0 Å². The number of halogens is 4. The van der Waals surface area contributed by atoms with Crippen LogP contribution < -0.4 is 118 Å². The second-order valence-electron chi connectivity index (χ2n) is 10.7. The van der Waals surface area contributed by atoms with Crippen LogP contribution in [0.1, 0.15) is 71.0 Å². The van der Waals surface area contributed by atoms with E-state index in [4.69, 9.17) is 42.6 Å². The molecule has 0 amide bonds. The van der Waals surface area contributed by atoms with Crippen LogP contribution in [-0.2, 0) is 90.4 Å². The van der Waals surface area contributed by atoms with Gasteiger partial charge >= 0.3 is 118 Å². The number of alkyl halides is 4. The summed E-state index contributed by atoms with van der Waals surface area (Å²) in [6, 6.07) is 8.66. The largest absolute Gasteiger partial charge is 1.00 e. The van der Waals surface area contributed by atoms with E-state index in [2.05, 4.69) is 128 Å². The third kappa shape index (κ3) is 37.8. The summed E-state index contributed by atoms with van der Waals surface area (Å²) >= 11 is 14.0. The second kappa shape index (κ2) is 54.2. The molecule has 0 unspecified atom stereocenters. The Hall–Kier alpha value is 1.90. The molecule has 320 valence electrons. The molecule has 0 aromatic heterocycles. The van der Waals surface area contributed by atoms with Crippen LogP contribution in [0.5, 0.6) is 0 Å². The number of hydrogen-bond acceptors (Lipinski definition) is 9. The van der Waals surface area contributed by atoms with Gasteiger partial charge in [-0.1, -0.05) is 135 Å². The van der Waals surface area contributed by atoms with Crippen molar-refractivity contribution in [1.82, 2.24) is 0 Å². The molecule has 0 fully saturated rings. The van der Waals surface area contributed by atoms with Gasteiger partial charge in [-0.25, -0.2) is 0 Å². The van der Waals surface area contributed by atoms with E-state index in [1.54, 1.807) is 0 Å². The molecule has 0 bridgehead atoms. The molecule has 0 aliphatic rings. The van der Waals surface area contributed by atoms with Crippen molar-refractivity contribution in [3.8, 4) is 0 Å². The molecule has 2 aromatic carbocycles. The maximum atomic E-state index is 5.79. The number of ether oxygens (including phenoxy) is 9. The fraction of sp³-hybridized carbons (Fsp3) is 0.476. The molecule has 0 N–H and O–H groups in total. The van der Waals surface area contributed by atoms with Crippen molar-refractivity contribution in [2.75, 3.05) is 59.5 Å². The van der Waals surface area contributed by atoms with E-state index in [1.807, 2.05) is 0 Å². The maximum Gasteiger partial charge on any atom is 1.00 e. The van der Waals surface area contributed by atoms with Gasteiger partial charge < -0.3 is 48.3 Å². The molecular formula is C42H66Br4Na4O9. The van der Waals surface area contributed by atoms with E-state index in [1.165, 1.54) is 53.6 Å². The molecule has 0 heterocycles. The molecule has 0 saturated carbocycles. The minimum absolute atomic E-state index is 0. The molecule has 0 aliphatic carbocycles. The summed E-state index contributed by atoms with van der Waals surface area (Å²) in [4.78, 5) is 0. The van der Waals surface area contributed by atoms with Gasteiger partial charge in [-0.2, -0.15) is 0 Å². The van der Waals surface area contributed by atoms with Crippen LogP contribution in [0.2, 0.25) is 0 Å². The van der Waals surface area contributed by atoms with Crippen LogP contribution in [0, 0.1) is 0 Å². The Balaban J connectivity index is -0.000000102.